The van der Waals surface area contributed by atoms with Crippen LogP contribution in [0.15, 0.2) is 18.2 Å². The van der Waals surface area contributed by atoms with Crippen LogP contribution in [0.3, 0.4) is 0 Å². The molecule has 4 heteroatoms. The zero-order chi connectivity index (χ0) is 12.1. The van der Waals surface area contributed by atoms with E-state index in [4.69, 9.17) is 16.3 Å². The molecular weight excluding hydrogens is 226 g/mol. The minimum atomic E-state index is -0.546. The predicted molar refractivity (Wildman–Crippen MR) is 66.1 cm³/mol. The molecule has 0 radical (unpaired) electrons. The van der Waals surface area contributed by atoms with Crippen LogP contribution in [0.25, 0.3) is 0 Å². The van der Waals surface area contributed by atoms with Crippen molar-refractivity contribution in [3.05, 3.63) is 28.8 Å². The number of rotatable bonds is 5. The van der Waals surface area contributed by atoms with Crippen LogP contribution in [0.5, 0.6) is 5.75 Å². The van der Waals surface area contributed by atoms with Crippen molar-refractivity contribution in [1.29, 1.82) is 0 Å². The fourth-order valence-corrected chi connectivity index (χ4v) is 1.62. The van der Waals surface area contributed by atoms with Crippen LogP contribution in [0.4, 0.5) is 0 Å². The normalized spacial score (nSPS) is 12.9. The number of nitrogens with one attached hydrogen (secondary N) is 1. The third-order valence-electron chi connectivity index (χ3n) is 2.10. The molecule has 0 saturated carbocycles. The van der Waals surface area contributed by atoms with E-state index in [9.17, 15) is 5.11 Å². The number of aliphatic hydroxyl groups excluding tert-OH is 1. The quantitative estimate of drug-likeness (QED) is 0.835. The lowest BCUT2D eigenvalue weighted by Gasteiger charge is -2.14. The average Bonchev–Trinajstić information content (AvgIpc) is 2.20. The fourth-order valence-electron chi connectivity index (χ4n) is 1.39. The Labute approximate surface area is 101 Å². The van der Waals surface area contributed by atoms with E-state index in [0.717, 1.165) is 5.56 Å². The molecule has 0 aliphatic carbocycles. The number of hydrogen-bond donors (Lipinski definition) is 2. The highest BCUT2D eigenvalue weighted by Crippen LogP contribution is 2.28. The summed E-state index contributed by atoms with van der Waals surface area (Å²) in [7, 11) is 1.79. The summed E-state index contributed by atoms with van der Waals surface area (Å²) in [6.45, 7) is 4.39. The molecule has 16 heavy (non-hydrogen) atoms. The summed E-state index contributed by atoms with van der Waals surface area (Å²) in [6, 6.07) is 5.35. The van der Waals surface area contributed by atoms with Crippen molar-refractivity contribution >= 4 is 11.6 Å². The maximum atomic E-state index is 9.76. The van der Waals surface area contributed by atoms with Gasteiger partial charge in [0.1, 0.15) is 5.75 Å². The van der Waals surface area contributed by atoms with Crippen LogP contribution in [0.2, 0.25) is 5.02 Å². The molecule has 0 bridgehead atoms. The third-order valence-corrected chi connectivity index (χ3v) is 2.40. The van der Waals surface area contributed by atoms with Gasteiger partial charge in [0.15, 0.2) is 0 Å². The molecule has 0 aliphatic heterocycles. The minimum absolute atomic E-state index is 0.0885. The largest absolute Gasteiger partial charge is 0.489 e. The Balaban J connectivity index is 2.82. The van der Waals surface area contributed by atoms with Crippen LogP contribution < -0.4 is 10.1 Å². The van der Waals surface area contributed by atoms with E-state index in [1.807, 2.05) is 19.9 Å². The van der Waals surface area contributed by atoms with Gasteiger partial charge in [-0.3, -0.25) is 0 Å². The molecular formula is C12H18ClNO2. The zero-order valence-electron chi connectivity index (χ0n) is 9.83. The van der Waals surface area contributed by atoms with Gasteiger partial charge in [0.2, 0.25) is 0 Å². The second kappa shape index (κ2) is 6.09. The smallest absolute Gasteiger partial charge is 0.138 e. The number of ether oxygens (including phenoxy) is 1. The summed E-state index contributed by atoms with van der Waals surface area (Å²) < 4.78 is 5.51. The summed E-state index contributed by atoms with van der Waals surface area (Å²) in [5, 5.41) is 13.2. The molecule has 0 heterocycles. The van der Waals surface area contributed by atoms with Crippen molar-refractivity contribution in [2.24, 2.45) is 0 Å². The molecule has 1 atom stereocenters. The highest BCUT2D eigenvalue weighted by atomic mass is 35.5. The van der Waals surface area contributed by atoms with Gasteiger partial charge >= 0.3 is 0 Å². The zero-order valence-corrected chi connectivity index (χ0v) is 10.6. The van der Waals surface area contributed by atoms with Crippen molar-refractivity contribution < 1.29 is 9.84 Å². The number of likely N-dealkylation sites (N-methyl/N-ethyl adjacent to an activating group) is 1. The van der Waals surface area contributed by atoms with Crippen LogP contribution >= 0.6 is 11.6 Å². The molecule has 0 aliphatic rings. The lowest BCUT2D eigenvalue weighted by molar-refractivity contribution is 0.177. The van der Waals surface area contributed by atoms with Gasteiger partial charge in [-0.05, 0) is 38.6 Å². The fraction of sp³-hybridized carbons (Fsp3) is 0.500. The van der Waals surface area contributed by atoms with Gasteiger partial charge in [-0.15, -0.1) is 0 Å². The number of halogens is 1. The SMILES string of the molecule is CNCC(O)c1ccc(OC(C)C)c(Cl)c1. The Hall–Kier alpha value is -0.770. The summed E-state index contributed by atoms with van der Waals surface area (Å²) in [4.78, 5) is 0. The van der Waals surface area contributed by atoms with Crippen molar-refractivity contribution in [2.45, 2.75) is 26.1 Å². The van der Waals surface area contributed by atoms with Gasteiger partial charge < -0.3 is 15.2 Å². The summed E-state index contributed by atoms with van der Waals surface area (Å²) in [6.07, 6.45) is -0.457. The van der Waals surface area contributed by atoms with Crippen LogP contribution in [0, 0.1) is 0 Å². The lowest BCUT2D eigenvalue weighted by atomic mass is 10.1. The average molecular weight is 244 g/mol. The van der Waals surface area contributed by atoms with Gasteiger partial charge in [0, 0.05) is 6.54 Å². The standard InChI is InChI=1S/C12H18ClNO2/c1-8(2)16-12-5-4-9(6-10(12)13)11(15)7-14-3/h4-6,8,11,14-15H,7H2,1-3H3. The van der Waals surface area contributed by atoms with Crippen LogP contribution in [0.1, 0.15) is 25.5 Å². The number of hydrogen-bond acceptors (Lipinski definition) is 3. The van der Waals surface area contributed by atoms with Crippen molar-refractivity contribution in [1.82, 2.24) is 5.32 Å². The van der Waals surface area contributed by atoms with E-state index in [1.165, 1.54) is 0 Å². The van der Waals surface area contributed by atoms with Crippen LogP contribution in [-0.4, -0.2) is 24.8 Å². The maximum Gasteiger partial charge on any atom is 0.138 e. The van der Waals surface area contributed by atoms with Crippen LogP contribution in [-0.2, 0) is 0 Å². The first-order valence-corrected chi connectivity index (χ1v) is 5.71. The molecule has 1 aromatic carbocycles. The van der Waals surface area contributed by atoms with E-state index in [-0.39, 0.29) is 6.10 Å². The van der Waals surface area contributed by atoms with Crippen molar-refractivity contribution in [2.75, 3.05) is 13.6 Å². The minimum Gasteiger partial charge on any atom is -0.489 e. The number of aliphatic hydroxyl groups is 1. The molecule has 3 nitrogen and oxygen atoms in total. The second-order valence-corrected chi connectivity index (χ2v) is 4.34. The molecule has 0 amide bonds. The molecule has 0 fully saturated rings. The lowest BCUT2D eigenvalue weighted by Crippen LogP contribution is -2.16. The van der Waals surface area contributed by atoms with Gasteiger partial charge in [0.25, 0.3) is 0 Å². The Morgan fingerprint density at radius 2 is 2.12 bits per heavy atom. The van der Waals surface area contributed by atoms with E-state index in [0.29, 0.717) is 17.3 Å². The Morgan fingerprint density at radius 3 is 2.62 bits per heavy atom. The Kier molecular flexibility index (Phi) is 5.06. The molecule has 1 rings (SSSR count). The molecule has 0 aromatic heterocycles. The monoisotopic (exact) mass is 243 g/mol. The van der Waals surface area contributed by atoms with E-state index in [2.05, 4.69) is 5.32 Å². The van der Waals surface area contributed by atoms with E-state index >= 15 is 0 Å². The first kappa shape index (κ1) is 13.3. The topological polar surface area (TPSA) is 41.5 Å². The molecule has 1 unspecified atom stereocenters. The summed E-state index contributed by atoms with van der Waals surface area (Å²) in [5.41, 5.74) is 0.787. The first-order valence-electron chi connectivity index (χ1n) is 5.33. The van der Waals surface area contributed by atoms with E-state index < -0.39 is 6.10 Å². The Morgan fingerprint density at radius 1 is 1.44 bits per heavy atom. The van der Waals surface area contributed by atoms with Gasteiger partial charge in [-0.1, -0.05) is 17.7 Å². The van der Waals surface area contributed by atoms with Gasteiger partial charge in [0.05, 0.1) is 17.2 Å². The molecule has 1 aromatic rings. The number of benzene rings is 1. The second-order valence-electron chi connectivity index (χ2n) is 3.93. The summed E-state index contributed by atoms with van der Waals surface area (Å²) >= 11 is 6.06. The Bertz CT molecular complexity index is 342. The molecule has 0 spiro atoms. The molecule has 2 N–H and O–H groups in total. The summed E-state index contributed by atoms with van der Waals surface area (Å²) in [5.74, 6) is 0.650. The predicted octanol–water partition coefficient (Wildman–Crippen LogP) is 2.38. The third kappa shape index (κ3) is 3.67. The highest BCUT2D eigenvalue weighted by molar-refractivity contribution is 6.32. The molecule has 0 saturated heterocycles. The van der Waals surface area contributed by atoms with E-state index in [1.54, 1.807) is 19.2 Å². The van der Waals surface area contributed by atoms with Gasteiger partial charge in [-0.25, -0.2) is 0 Å². The maximum absolute atomic E-state index is 9.76. The van der Waals surface area contributed by atoms with Crippen molar-refractivity contribution in [3.8, 4) is 5.75 Å². The highest BCUT2D eigenvalue weighted by Gasteiger charge is 2.10. The first-order chi connectivity index (χ1) is 7.54. The van der Waals surface area contributed by atoms with Gasteiger partial charge in [-0.2, -0.15) is 0 Å². The van der Waals surface area contributed by atoms with Crippen molar-refractivity contribution in [3.63, 3.8) is 0 Å². The molecule has 90 valence electrons.